The molecule has 0 unspecified atom stereocenters. The summed E-state index contributed by atoms with van der Waals surface area (Å²) in [6.07, 6.45) is 1.15. The van der Waals surface area contributed by atoms with Crippen LogP contribution in [-0.4, -0.2) is 42.2 Å². The first-order chi connectivity index (χ1) is 9.17. The molecule has 0 aliphatic carbocycles. The summed E-state index contributed by atoms with van der Waals surface area (Å²) in [5.74, 6) is 0.916. The second-order valence-electron chi connectivity index (χ2n) is 4.47. The molecule has 0 saturated heterocycles. The van der Waals surface area contributed by atoms with Crippen molar-refractivity contribution >= 4 is 5.91 Å². The minimum Gasteiger partial charge on any atom is -0.494 e. The van der Waals surface area contributed by atoms with Crippen LogP contribution in [0, 0.1) is 6.92 Å². The van der Waals surface area contributed by atoms with Crippen molar-refractivity contribution in [2.75, 3.05) is 26.3 Å². The molecule has 0 spiro atoms. The van der Waals surface area contributed by atoms with Crippen molar-refractivity contribution in [1.29, 1.82) is 0 Å². The van der Waals surface area contributed by atoms with Gasteiger partial charge in [-0.2, -0.15) is 0 Å². The predicted octanol–water partition coefficient (Wildman–Crippen LogP) is 1.99. The van der Waals surface area contributed by atoms with E-state index in [0.717, 1.165) is 11.3 Å². The number of ether oxygens (including phenoxy) is 1. The molecule has 0 atom stereocenters. The standard InChI is InChI=1S/C15H23NO3/c1-3-16(9-10-17)15(18)8-5-11-19-14-7-4-6-13(2)12-14/h4,6-7,12,17H,3,5,8-11H2,1-2H3. The molecule has 0 aliphatic rings. The zero-order valence-electron chi connectivity index (χ0n) is 11.8. The first kappa shape index (κ1) is 15.5. The summed E-state index contributed by atoms with van der Waals surface area (Å²) in [4.78, 5) is 13.4. The number of carbonyl (C=O) groups excluding carboxylic acids is 1. The number of amides is 1. The third-order valence-electron chi connectivity index (χ3n) is 2.90. The van der Waals surface area contributed by atoms with Gasteiger partial charge >= 0.3 is 0 Å². The fourth-order valence-electron chi connectivity index (χ4n) is 1.86. The quantitative estimate of drug-likeness (QED) is 0.731. The molecule has 1 amide bonds. The lowest BCUT2D eigenvalue weighted by Crippen LogP contribution is -2.33. The Morgan fingerprint density at radius 2 is 2.21 bits per heavy atom. The van der Waals surface area contributed by atoms with Gasteiger partial charge in [0.1, 0.15) is 5.75 Å². The molecule has 0 radical (unpaired) electrons. The van der Waals surface area contributed by atoms with Crippen LogP contribution in [0.3, 0.4) is 0 Å². The smallest absolute Gasteiger partial charge is 0.222 e. The van der Waals surface area contributed by atoms with Crippen LogP contribution in [0.25, 0.3) is 0 Å². The Bertz CT molecular complexity index is 393. The van der Waals surface area contributed by atoms with Crippen LogP contribution in [0.5, 0.6) is 5.75 Å². The first-order valence-electron chi connectivity index (χ1n) is 6.75. The average Bonchev–Trinajstić information content (AvgIpc) is 2.40. The monoisotopic (exact) mass is 265 g/mol. The summed E-state index contributed by atoms with van der Waals surface area (Å²) < 4.78 is 5.59. The van der Waals surface area contributed by atoms with E-state index < -0.39 is 0 Å². The fraction of sp³-hybridized carbons (Fsp3) is 0.533. The highest BCUT2D eigenvalue weighted by Crippen LogP contribution is 2.12. The highest BCUT2D eigenvalue weighted by molar-refractivity contribution is 5.76. The first-order valence-corrected chi connectivity index (χ1v) is 6.75. The number of hydrogen-bond donors (Lipinski definition) is 1. The highest BCUT2D eigenvalue weighted by atomic mass is 16.5. The van der Waals surface area contributed by atoms with E-state index in [1.165, 1.54) is 0 Å². The molecule has 0 heterocycles. The maximum absolute atomic E-state index is 11.8. The van der Waals surface area contributed by atoms with Crippen LogP contribution in [0.4, 0.5) is 0 Å². The minimum absolute atomic E-state index is 0.0133. The lowest BCUT2D eigenvalue weighted by Gasteiger charge is -2.19. The number of likely N-dealkylation sites (N-methyl/N-ethyl adjacent to an activating group) is 1. The summed E-state index contributed by atoms with van der Waals surface area (Å²) in [5, 5.41) is 8.84. The van der Waals surface area contributed by atoms with Crippen molar-refractivity contribution in [3.05, 3.63) is 29.8 Å². The van der Waals surface area contributed by atoms with E-state index in [-0.39, 0.29) is 12.5 Å². The van der Waals surface area contributed by atoms with E-state index in [0.29, 0.717) is 32.5 Å². The summed E-state index contributed by atoms with van der Waals surface area (Å²) >= 11 is 0. The third kappa shape index (κ3) is 5.75. The minimum atomic E-state index is 0.0133. The van der Waals surface area contributed by atoms with Crippen LogP contribution in [-0.2, 0) is 4.79 Å². The number of nitrogens with zero attached hydrogens (tertiary/aromatic N) is 1. The van der Waals surface area contributed by atoms with E-state index in [9.17, 15) is 4.79 Å². The van der Waals surface area contributed by atoms with E-state index >= 15 is 0 Å². The molecule has 1 rings (SSSR count). The topological polar surface area (TPSA) is 49.8 Å². The van der Waals surface area contributed by atoms with Gasteiger partial charge in [-0.05, 0) is 38.0 Å². The Morgan fingerprint density at radius 1 is 1.42 bits per heavy atom. The number of aliphatic hydroxyl groups excluding tert-OH is 1. The summed E-state index contributed by atoms with van der Waals surface area (Å²) in [7, 11) is 0. The normalized spacial score (nSPS) is 10.3. The summed E-state index contributed by atoms with van der Waals surface area (Å²) in [5.41, 5.74) is 1.16. The number of hydrogen-bond acceptors (Lipinski definition) is 3. The Kier molecular flexibility index (Phi) is 6.97. The lowest BCUT2D eigenvalue weighted by molar-refractivity contribution is -0.131. The maximum atomic E-state index is 11.8. The largest absolute Gasteiger partial charge is 0.494 e. The van der Waals surface area contributed by atoms with Crippen molar-refractivity contribution < 1.29 is 14.6 Å². The Hall–Kier alpha value is -1.55. The summed E-state index contributed by atoms with van der Waals surface area (Å²) in [6.45, 7) is 5.53. The molecule has 4 nitrogen and oxygen atoms in total. The van der Waals surface area contributed by atoms with Gasteiger partial charge in [0.25, 0.3) is 0 Å². The van der Waals surface area contributed by atoms with Gasteiger partial charge in [0.05, 0.1) is 13.2 Å². The van der Waals surface area contributed by atoms with Crippen molar-refractivity contribution in [3.8, 4) is 5.75 Å². The molecular formula is C15H23NO3. The van der Waals surface area contributed by atoms with Crippen LogP contribution in [0.15, 0.2) is 24.3 Å². The molecule has 0 saturated carbocycles. The lowest BCUT2D eigenvalue weighted by atomic mass is 10.2. The molecule has 0 bridgehead atoms. The van der Waals surface area contributed by atoms with Crippen molar-refractivity contribution in [2.45, 2.75) is 26.7 Å². The van der Waals surface area contributed by atoms with Gasteiger partial charge in [0.2, 0.25) is 5.91 Å². The van der Waals surface area contributed by atoms with Crippen LogP contribution in [0.1, 0.15) is 25.3 Å². The number of rotatable bonds is 8. The number of benzene rings is 1. The van der Waals surface area contributed by atoms with Gasteiger partial charge in [0.15, 0.2) is 0 Å². The Labute approximate surface area is 115 Å². The van der Waals surface area contributed by atoms with Gasteiger partial charge in [-0.15, -0.1) is 0 Å². The second-order valence-corrected chi connectivity index (χ2v) is 4.47. The van der Waals surface area contributed by atoms with Crippen LogP contribution in [0.2, 0.25) is 0 Å². The number of aryl methyl sites for hydroxylation is 1. The van der Waals surface area contributed by atoms with E-state index in [4.69, 9.17) is 9.84 Å². The molecule has 4 heteroatoms. The molecule has 0 aromatic heterocycles. The molecule has 1 N–H and O–H groups in total. The predicted molar refractivity (Wildman–Crippen MR) is 75.2 cm³/mol. The second kappa shape index (κ2) is 8.53. The zero-order chi connectivity index (χ0) is 14.1. The van der Waals surface area contributed by atoms with Crippen molar-refractivity contribution in [1.82, 2.24) is 4.90 Å². The van der Waals surface area contributed by atoms with Gasteiger partial charge in [0, 0.05) is 19.5 Å². The SMILES string of the molecule is CCN(CCO)C(=O)CCCOc1cccc(C)c1. The Balaban J connectivity index is 2.25. The van der Waals surface area contributed by atoms with Gasteiger partial charge in [-0.3, -0.25) is 4.79 Å². The average molecular weight is 265 g/mol. The van der Waals surface area contributed by atoms with Crippen molar-refractivity contribution in [2.24, 2.45) is 0 Å². The van der Waals surface area contributed by atoms with Crippen LogP contribution < -0.4 is 4.74 Å². The van der Waals surface area contributed by atoms with Gasteiger partial charge < -0.3 is 14.7 Å². The molecule has 1 aromatic rings. The van der Waals surface area contributed by atoms with E-state index in [1.54, 1.807) is 4.90 Å². The summed E-state index contributed by atoms with van der Waals surface area (Å²) in [6, 6.07) is 7.87. The third-order valence-corrected chi connectivity index (χ3v) is 2.90. The molecule has 19 heavy (non-hydrogen) atoms. The van der Waals surface area contributed by atoms with Gasteiger partial charge in [-0.25, -0.2) is 0 Å². The number of aliphatic hydroxyl groups is 1. The molecule has 0 aliphatic heterocycles. The van der Waals surface area contributed by atoms with Gasteiger partial charge in [-0.1, -0.05) is 12.1 Å². The zero-order valence-corrected chi connectivity index (χ0v) is 11.8. The molecular weight excluding hydrogens is 242 g/mol. The van der Waals surface area contributed by atoms with E-state index in [2.05, 4.69) is 0 Å². The fourth-order valence-corrected chi connectivity index (χ4v) is 1.86. The number of carbonyl (C=O) groups is 1. The Morgan fingerprint density at radius 3 is 2.84 bits per heavy atom. The molecule has 106 valence electrons. The van der Waals surface area contributed by atoms with Crippen LogP contribution >= 0.6 is 0 Å². The van der Waals surface area contributed by atoms with E-state index in [1.807, 2.05) is 38.1 Å². The molecule has 0 fully saturated rings. The van der Waals surface area contributed by atoms with Crippen molar-refractivity contribution in [3.63, 3.8) is 0 Å². The highest BCUT2D eigenvalue weighted by Gasteiger charge is 2.10. The maximum Gasteiger partial charge on any atom is 0.222 e. The molecule has 1 aromatic carbocycles.